The molecule has 0 aliphatic carbocycles. The van der Waals surface area contributed by atoms with Gasteiger partial charge in [0.15, 0.2) is 0 Å². The van der Waals surface area contributed by atoms with Crippen LogP contribution in [0.1, 0.15) is 23.6 Å². The van der Waals surface area contributed by atoms with Crippen molar-refractivity contribution in [3.8, 4) is 5.75 Å². The van der Waals surface area contributed by atoms with Crippen molar-refractivity contribution in [2.75, 3.05) is 32.5 Å². The molecule has 1 aliphatic rings. The molecule has 1 heterocycles. The average Bonchev–Trinajstić information content (AvgIpc) is 2.51. The summed E-state index contributed by atoms with van der Waals surface area (Å²) in [5.41, 5.74) is 2.94. The van der Waals surface area contributed by atoms with Crippen molar-refractivity contribution in [3.63, 3.8) is 0 Å². The second kappa shape index (κ2) is 8.35. The van der Waals surface area contributed by atoms with Gasteiger partial charge in [0, 0.05) is 25.8 Å². The number of rotatable bonds is 4. The van der Waals surface area contributed by atoms with E-state index in [1.54, 1.807) is 11.8 Å². The van der Waals surface area contributed by atoms with E-state index in [0.29, 0.717) is 12.3 Å². The quantitative estimate of drug-likeness (QED) is 0.615. The molecule has 130 valence electrons. The zero-order valence-electron chi connectivity index (χ0n) is 14.5. The Morgan fingerprint density at radius 3 is 2.54 bits per heavy atom. The number of benzene rings is 1. The zero-order chi connectivity index (χ0) is 17.7. The predicted molar refractivity (Wildman–Crippen MR) is 96.1 cm³/mol. The Bertz CT molecular complexity index is 646. The highest BCUT2D eigenvalue weighted by atomic mass is 32.2. The Kier molecular flexibility index (Phi) is 6.45. The fraction of sp³-hybridized carbons (Fsp3) is 0.444. The lowest BCUT2D eigenvalue weighted by Gasteiger charge is -2.27. The summed E-state index contributed by atoms with van der Waals surface area (Å²) in [6.07, 6.45) is 2.13. The van der Waals surface area contributed by atoms with Crippen LogP contribution in [-0.4, -0.2) is 49.3 Å². The fourth-order valence-electron chi connectivity index (χ4n) is 2.68. The molecular formula is C18H23NO4S. The van der Waals surface area contributed by atoms with Gasteiger partial charge in [-0.3, -0.25) is 14.5 Å². The molecule has 0 unspecified atom stereocenters. The number of esters is 2. The van der Waals surface area contributed by atoms with E-state index in [4.69, 9.17) is 9.47 Å². The third-order valence-electron chi connectivity index (χ3n) is 3.71. The lowest BCUT2D eigenvalue weighted by atomic mass is 10.1. The Morgan fingerprint density at radius 1 is 1.29 bits per heavy atom. The van der Waals surface area contributed by atoms with Crippen LogP contribution in [0.25, 0.3) is 6.08 Å². The zero-order valence-corrected chi connectivity index (χ0v) is 15.4. The summed E-state index contributed by atoms with van der Waals surface area (Å²) < 4.78 is 10.0. The molecule has 0 saturated carbocycles. The summed E-state index contributed by atoms with van der Waals surface area (Å²) in [6, 6.07) is 4.02. The summed E-state index contributed by atoms with van der Waals surface area (Å²) >= 11 is 1.80. The fourth-order valence-corrected chi connectivity index (χ4v) is 3.78. The normalized spacial score (nSPS) is 16.9. The third-order valence-corrected chi connectivity index (χ3v) is 4.72. The summed E-state index contributed by atoms with van der Waals surface area (Å²) in [4.78, 5) is 25.9. The van der Waals surface area contributed by atoms with Gasteiger partial charge < -0.3 is 9.47 Å². The topological polar surface area (TPSA) is 55.8 Å². The highest BCUT2D eigenvalue weighted by Gasteiger charge is 2.18. The number of carbonyl (C=O) groups is 2. The Morgan fingerprint density at radius 2 is 1.96 bits per heavy atom. The second-order valence-electron chi connectivity index (χ2n) is 5.82. The first-order chi connectivity index (χ1) is 11.4. The van der Waals surface area contributed by atoms with E-state index in [9.17, 15) is 9.59 Å². The number of methoxy groups -OCH3 is 1. The van der Waals surface area contributed by atoms with Crippen molar-refractivity contribution in [2.24, 2.45) is 0 Å². The van der Waals surface area contributed by atoms with Crippen LogP contribution in [0.4, 0.5) is 0 Å². The van der Waals surface area contributed by atoms with Crippen molar-refractivity contribution in [2.45, 2.75) is 20.8 Å². The summed E-state index contributed by atoms with van der Waals surface area (Å²) in [5, 5.41) is 0. The minimum atomic E-state index is -0.311. The van der Waals surface area contributed by atoms with Crippen LogP contribution in [-0.2, 0) is 14.3 Å². The molecule has 0 atom stereocenters. The van der Waals surface area contributed by atoms with Crippen molar-refractivity contribution < 1.29 is 19.1 Å². The lowest BCUT2D eigenvalue weighted by molar-refractivity contribution is -0.141. The number of hydrogen-bond acceptors (Lipinski definition) is 6. The summed E-state index contributed by atoms with van der Waals surface area (Å²) in [5.74, 6) is 1.06. The first-order valence-electron chi connectivity index (χ1n) is 7.81. The summed E-state index contributed by atoms with van der Waals surface area (Å²) in [7, 11) is 1.41. The van der Waals surface area contributed by atoms with Crippen LogP contribution in [0.5, 0.6) is 5.75 Å². The number of aryl methyl sites for hydroxylation is 2. The molecule has 0 spiro atoms. The minimum absolute atomic E-state index is 0.210. The third kappa shape index (κ3) is 5.11. The molecule has 2 rings (SSSR count). The van der Waals surface area contributed by atoms with Crippen molar-refractivity contribution in [3.05, 3.63) is 33.7 Å². The van der Waals surface area contributed by atoms with Crippen LogP contribution in [0.2, 0.25) is 0 Å². The molecule has 1 saturated heterocycles. The van der Waals surface area contributed by atoms with E-state index in [1.807, 2.05) is 26.0 Å². The Balaban J connectivity index is 2.15. The molecule has 1 fully saturated rings. The molecule has 0 amide bonds. The number of nitrogens with zero attached hydrogens (tertiary/aromatic N) is 1. The molecule has 0 radical (unpaired) electrons. The molecule has 0 aromatic heterocycles. The highest BCUT2D eigenvalue weighted by molar-refractivity contribution is 8.03. The molecular weight excluding hydrogens is 326 g/mol. The molecule has 5 nitrogen and oxygen atoms in total. The molecule has 6 heteroatoms. The average molecular weight is 349 g/mol. The van der Waals surface area contributed by atoms with Gasteiger partial charge in [0.2, 0.25) is 0 Å². The van der Waals surface area contributed by atoms with E-state index >= 15 is 0 Å². The van der Waals surface area contributed by atoms with Crippen LogP contribution in [0.15, 0.2) is 17.0 Å². The standard InChI is InChI=1S/C18H23NO4S/c1-12-7-15(8-13(2)18(12)23-14(3)20)9-16-10-19(5-6-24-16)11-17(21)22-4/h7-9H,5-6,10-11H2,1-4H3. The minimum Gasteiger partial charge on any atom is -0.468 e. The van der Waals surface area contributed by atoms with Crippen LogP contribution in [0, 0.1) is 13.8 Å². The van der Waals surface area contributed by atoms with Crippen molar-refractivity contribution in [1.29, 1.82) is 0 Å². The molecule has 0 bridgehead atoms. The molecule has 1 aromatic carbocycles. The van der Waals surface area contributed by atoms with Gasteiger partial charge in [-0.25, -0.2) is 0 Å². The largest absolute Gasteiger partial charge is 0.468 e. The Labute approximate surface area is 147 Å². The van der Waals surface area contributed by atoms with E-state index < -0.39 is 0 Å². The van der Waals surface area contributed by atoms with E-state index in [-0.39, 0.29) is 11.9 Å². The molecule has 0 N–H and O–H groups in total. The van der Waals surface area contributed by atoms with Crippen molar-refractivity contribution in [1.82, 2.24) is 4.90 Å². The predicted octanol–water partition coefficient (Wildman–Crippen LogP) is 2.79. The van der Waals surface area contributed by atoms with Gasteiger partial charge in [-0.15, -0.1) is 11.8 Å². The number of carbonyl (C=O) groups excluding carboxylic acids is 2. The van der Waals surface area contributed by atoms with Gasteiger partial charge in [-0.05, 0) is 53.7 Å². The first-order valence-corrected chi connectivity index (χ1v) is 8.80. The summed E-state index contributed by atoms with van der Waals surface area (Å²) in [6.45, 7) is 7.21. The van der Waals surface area contributed by atoms with Gasteiger partial charge in [0.25, 0.3) is 0 Å². The number of hydrogen-bond donors (Lipinski definition) is 0. The highest BCUT2D eigenvalue weighted by Crippen LogP contribution is 2.29. The lowest BCUT2D eigenvalue weighted by Crippen LogP contribution is -2.36. The van der Waals surface area contributed by atoms with Gasteiger partial charge in [-0.2, -0.15) is 0 Å². The monoisotopic (exact) mass is 349 g/mol. The van der Waals surface area contributed by atoms with Crippen LogP contribution in [0.3, 0.4) is 0 Å². The van der Waals surface area contributed by atoms with Crippen molar-refractivity contribution >= 4 is 29.8 Å². The number of thioether (sulfide) groups is 1. The molecule has 24 heavy (non-hydrogen) atoms. The molecule has 1 aromatic rings. The van der Waals surface area contributed by atoms with E-state index in [1.165, 1.54) is 18.9 Å². The van der Waals surface area contributed by atoms with Gasteiger partial charge in [0.1, 0.15) is 5.75 Å². The Hall–Kier alpha value is -1.79. The maximum Gasteiger partial charge on any atom is 0.319 e. The maximum atomic E-state index is 11.4. The van der Waals surface area contributed by atoms with Crippen LogP contribution < -0.4 is 4.74 Å². The van der Waals surface area contributed by atoms with E-state index in [2.05, 4.69) is 11.0 Å². The maximum absolute atomic E-state index is 11.4. The van der Waals surface area contributed by atoms with Gasteiger partial charge in [0.05, 0.1) is 13.7 Å². The smallest absolute Gasteiger partial charge is 0.319 e. The van der Waals surface area contributed by atoms with Gasteiger partial charge >= 0.3 is 11.9 Å². The first kappa shape index (κ1) is 18.5. The van der Waals surface area contributed by atoms with E-state index in [0.717, 1.165) is 35.5 Å². The second-order valence-corrected chi connectivity index (χ2v) is 7.04. The SMILES string of the molecule is COC(=O)CN1CCSC(=Cc2cc(C)c(OC(C)=O)c(C)c2)C1. The van der Waals surface area contributed by atoms with Gasteiger partial charge in [-0.1, -0.05) is 0 Å². The number of ether oxygens (including phenoxy) is 2. The molecule has 1 aliphatic heterocycles. The van der Waals surface area contributed by atoms with Crippen LogP contribution >= 0.6 is 11.8 Å².